The van der Waals surface area contributed by atoms with Crippen molar-refractivity contribution in [2.24, 2.45) is 0 Å². The third-order valence-electron chi connectivity index (χ3n) is 2.81. The topological polar surface area (TPSA) is 42.4 Å². The highest BCUT2D eigenvalue weighted by molar-refractivity contribution is 6.30. The number of hydrogen-bond acceptors (Lipinski definition) is 3. The highest BCUT2D eigenvalue weighted by Gasteiger charge is 2.06. The van der Waals surface area contributed by atoms with E-state index in [9.17, 15) is 5.11 Å². The first-order valence-electron chi connectivity index (χ1n) is 6.17. The SMILES string of the molecule is CCc1cc(CO)cc(Oc2ccc(Cl)cc2C)n1. The summed E-state index contributed by atoms with van der Waals surface area (Å²) in [7, 11) is 0. The maximum atomic E-state index is 9.24. The minimum Gasteiger partial charge on any atom is -0.439 e. The zero-order chi connectivity index (χ0) is 13.8. The van der Waals surface area contributed by atoms with E-state index in [0.717, 1.165) is 23.2 Å². The predicted molar refractivity (Wildman–Crippen MR) is 75.8 cm³/mol. The summed E-state index contributed by atoms with van der Waals surface area (Å²) in [5, 5.41) is 9.92. The Labute approximate surface area is 117 Å². The quantitative estimate of drug-likeness (QED) is 0.922. The summed E-state index contributed by atoms with van der Waals surface area (Å²) in [6.07, 6.45) is 0.795. The van der Waals surface area contributed by atoms with Crippen LogP contribution >= 0.6 is 11.6 Å². The van der Waals surface area contributed by atoms with Crippen LogP contribution in [0.15, 0.2) is 30.3 Å². The number of rotatable bonds is 4. The van der Waals surface area contributed by atoms with E-state index < -0.39 is 0 Å². The molecule has 0 aliphatic carbocycles. The van der Waals surface area contributed by atoms with E-state index in [1.807, 2.05) is 32.0 Å². The molecule has 2 aromatic rings. The number of benzene rings is 1. The third kappa shape index (κ3) is 3.46. The molecule has 0 atom stereocenters. The van der Waals surface area contributed by atoms with Gasteiger partial charge < -0.3 is 9.84 Å². The molecule has 3 nitrogen and oxygen atoms in total. The molecule has 0 unspecified atom stereocenters. The molecule has 0 saturated heterocycles. The van der Waals surface area contributed by atoms with Crippen LogP contribution in [0.5, 0.6) is 11.6 Å². The Morgan fingerprint density at radius 3 is 2.68 bits per heavy atom. The van der Waals surface area contributed by atoms with Crippen molar-refractivity contribution in [3.8, 4) is 11.6 Å². The molecule has 0 amide bonds. The first kappa shape index (κ1) is 13.8. The molecule has 1 heterocycles. The lowest BCUT2D eigenvalue weighted by atomic mass is 10.2. The molecule has 2 rings (SSSR count). The molecule has 0 radical (unpaired) electrons. The Hall–Kier alpha value is -1.58. The van der Waals surface area contributed by atoms with Gasteiger partial charge in [-0.1, -0.05) is 18.5 Å². The van der Waals surface area contributed by atoms with Crippen LogP contribution < -0.4 is 4.74 Å². The number of aryl methyl sites for hydroxylation is 2. The average Bonchev–Trinajstić information content (AvgIpc) is 2.41. The molecular formula is C15H16ClNO2. The van der Waals surface area contributed by atoms with E-state index >= 15 is 0 Å². The van der Waals surface area contributed by atoms with Gasteiger partial charge >= 0.3 is 0 Å². The van der Waals surface area contributed by atoms with Crippen molar-refractivity contribution in [1.29, 1.82) is 0 Å². The van der Waals surface area contributed by atoms with Crippen molar-refractivity contribution < 1.29 is 9.84 Å². The number of pyridine rings is 1. The van der Waals surface area contributed by atoms with Gasteiger partial charge in [-0.3, -0.25) is 0 Å². The second-order valence-electron chi connectivity index (χ2n) is 4.33. The van der Waals surface area contributed by atoms with Crippen LogP contribution in [0, 0.1) is 6.92 Å². The van der Waals surface area contributed by atoms with Crippen LogP contribution in [0.2, 0.25) is 5.02 Å². The van der Waals surface area contributed by atoms with Gasteiger partial charge in [-0.15, -0.1) is 0 Å². The number of ether oxygens (including phenoxy) is 1. The number of aliphatic hydroxyl groups excluding tert-OH is 1. The lowest BCUT2D eigenvalue weighted by molar-refractivity contribution is 0.281. The predicted octanol–water partition coefficient (Wildman–Crippen LogP) is 3.89. The zero-order valence-corrected chi connectivity index (χ0v) is 11.7. The van der Waals surface area contributed by atoms with E-state index in [4.69, 9.17) is 16.3 Å². The Balaban J connectivity index is 2.31. The van der Waals surface area contributed by atoms with Crippen LogP contribution in [-0.4, -0.2) is 10.1 Å². The number of hydrogen-bond donors (Lipinski definition) is 1. The molecule has 4 heteroatoms. The van der Waals surface area contributed by atoms with Crippen LogP contribution in [-0.2, 0) is 13.0 Å². The van der Waals surface area contributed by atoms with Crippen molar-refractivity contribution in [3.63, 3.8) is 0 Å². The van der Waals surface area contributed by atoms with Crippen molar-refractivity contribution in [3.05, 3.63) is 52.2 Å². The fraction of sp³-hybridized carbons (Fsp3) is 0.267. The van der Waals surface area contributed by atoms with Gasteiger partial charge in [-0.05, 0) is 48.7 Å². The minimum atomic E-state index is -0.0223. The van der Waals surface area contributed by atoms with E-state index in [1.165, 1.54) is 0 Å². The van der Waals surface area contributed by atoms with Crippen molar-refractivity contribution in [1.82, 2.24) is 4.98 Å². The molecule has 100 valence electrons. The monoisotopic (exact) mass is 277 g/mol. The average molecular weight is 278 g/mol. The summed E-state index contributed by atoms with van der Waals surface area (Å²) in [6, 6.07) is 9.05. The van der Waals surface area contributed by atoms with Crippen LogP contribution in [0.25, 0.3) is 0 Å². The Morgan fingerprint density at radius 1 is 1.26 bits per heavy atom. The van der Waals surface area contributed by atoms with Gasteiger partial charge in [0.25, 0.3) is 0 Å². The van der Waals surface area contributed by atoms with E-state index in [-0.39, 0.29) is 6.61 Å². The fourth-order valence-electron chi connectivity index (χ4n) is 1.79. The number of halogens is 1. The number of nitrogens with zero attached hydrogens (tertiary/aromatic N) is 1. The molecule has 0 aliphatic heterocycles. The third-order valence-corrected chi connectivity index (χ3v) is 3.05. The van der Waals surface area contributed by atoms with Gasteiger partial charge in [0.05, 0.1) is 6.61 Å². The summed E-state index contributed by atoms with van der Waals surface area (Å²) in [4.78, 5) is 4.39. The van der Waals surface area contributed by atoms with Gasteiger partial charge in [0.1, 0.15) is 5.75 Å². The minimum absolute atomic E-state index is 0.0223. The Kier molecular flexibility index (Phi) is 4.40. The summed E-state index contributed by atoms with van der Waals surface area (Å²) in [6.45, 7) is 3.92. The van der Waals surface area contributed by atoms with Gasteiger partial charge in [0, 0.05) is 16.8 Å². The van der Waals surface area contributed by atoms with Crippen molar-refractivity contribution >= 4 is 11.6 Å². The summed E-state index contributed by atoms with van der Waals surface area (Å²) in [5.41, 5.74) is 2.64. The summed E-state index contributed by atoms with van der Waals surface area (Å²) in [5.74, 6) is 1.21. The van der Waals surface area contributed by atoms with Gasteiger partial charge in [0.15, 0.2) is 0 Å². The molecule has 19 heavy (non-hydrogen) atoms. The Morgan fingerprint density at radius 2 is 2.05 bits per heavy atom. The first-order valence-corrected chi connectivity index (χ1v) is 6.55. The fourth-order valence-corrected chi connectivity index (χ4v) is 2.01. The second kappa shape index (κ2) is 6.04. The maximum absolute atomic E-state index is 9.24. The van der Waals surface area contributed by atoms with Crippen LogP contribution in [0.4, 0.5) is 0 Å². The molecule has 0 spiro atoms. The lowest BCUT2D eigenvalue weighted by Gasteiger charge is -2.10. The maximum Gasteiger partial charge on any atom is 0.219 e. The van der Waals surface area contributed by atoms with Crippen molar-refractivity contribution in [2.45, 2.75) is 26.9 Å². The van der Waals surface area contributed by atoms with E-state index in [2.05, 4.69) is 4.98 Å². The molecule has 0 aliphatic rings. The standard InChI is InChI=1S/C15H16ClNO2/c1-3-13-7-11(9-18)8-15(17-13)19-14-5-4-12(16)6-10(14)2/h4-8,18H,3,9H2,1-2H3. The first-order chi connectivity index (χ1) is 9.12. The molecule has 1 aromatic carbocycles. The van der Waals surface area contributed by atoms with Gasteiger partial charge in [-0.25, -0.2) is 4.98 Å². The smallest absolute Gasteiger partial charge is 0.219 e. The van der Waals surface area contributed by atoms with Crippen LogP contribution in [0.3, 0.4) is 0 Å². The van der Waals surface area contributed by atoms with E-state index in [1.54, 1.807) is 12.1 Å². The second-order valence-corrected chi connectivity index (χ2v) is 4.76. The van der Waals surface area contributed by atoms with Crippen LogP contribution in [0.1, 0.15) is 23.7 Å². The molecule has 1 aromatic heterocycles. The van der Waals surface area contributed by atoms with Crippen molar-refractivity contribution in [2.75, 3.05) is 0 Å². The van der Waals surface area contributed by atoms with Gasteiger partial charge in [-0.2, -0.15) is 0 Å². The number of aromatic nitrogens is 1. The summed E-state index contributed by atoms with van der Waals surface area (Å²) < 4.78 is 5.77. The molecule has 0 saturated carbocycles. The molecule has 0 bridgehead atoms. The normalized spacial score (nSPS) is 10.5. The molecule has 0 fully saturated rings. The zero-order valence-electron chi connectivity index (χ0n) is 11.0. The lowest BCUT2D eigenvalue weighted by Crippen LogP contribution is -1.97. The highest BCUT2D eigenvalue weighted by atomic mass is 35.5. The largest absolute Gasteiger partial charge is 0.439 e. The molecular weight excluding hydrogens is 262 g/mol. The van der Waals surface area contributed by atoms with E-state index in [0.29, 0.717) is 16.7 Å². The highest BCUT2D eigenvalue weighted by Crippen LogP contribution is 2.27. The summed E-state index contributed by atoms with van der Waals surface area (Å²) >= 11 is 5.91. The number of aliphatic hydroxyl groups is 1. The Bertz CT molecular complexity index is 562. The van der Waals surface area contributed by atoms with Gasteiger partial charge in [0.2, 0.25) is 5.88 Å². The molecule has 1 N–H and O–H groups in total.